The van der Waals surface area contributed by atoms with Crippen molar-refractivity contribution < 1.29 is 5.11 Å². The van der Waals surface area contributed by atoms with Gasteiger partial charge < -0.3 is 10.0 Å². The highest BCUT2D eigenvalue weighted by atomic mass is 16.3. The molecule has 1 unspecified atom stereocenters. The Morgan fingerprint density at radius 1 is 1.18 bits per heavy atom. The van der Waals surface area contributed by atoms with Crippen molar-refractivity contribution in [3.63, 3.8) is 0 Å². The van der Waals surface area contributed by atoms with Crippen LogP contribution in [0, 0.1) is 0 Å². The molecule has 1 saturated carbocycles. The van der Waals surface area contributed by atoms with Gasteiger partial charge in [-0.1, -0.05) is 6.42 Å². The second-order valence-corrected chi connectivity index (χ2v) is 5.12. The van der Waals surface area contributed by atoms with Crippen molar-refractivity contribution in [2.75, 3.05) is 18.1 Å². The van der Waals surface area contributed by atoms with Crippen LogP contribution in [0.2, 0.25) is 0 Å². The molecule has 92 valence electrons. The summed E-state index contributed by atoms with van der Waals surface area (Å²) in [7, 11) is 0. The van der Waals surface area contributed by atoms with Gasteiger partial charge in [-0.2, -0.15) is 0 Å². The number of anilines is 1. The van der Waals surface area contributed by atoms with Gasteiger partial charge in [-0.3, -0.25) is 0 Å². The summed E-state index contributed by atoms with van der Waals surface area (Å²) < 4.78 is 0. The molecule has 1 saturated heterocycles. The molecule has 1 aromatic heterocycles. The number of nitrogens with zero attached hydrogens (tertiary/aromatic N) is 3. The van der Waals surface area contributed by atoms with E-state index >= 15 is 0 Å². The molecule has 1 atom stereocenters. The maximum absolute atomic E-state index is 9.29. The van der Waals surface area contributed by atoms with Crippen LogP contribution in [-0.2, 0) is 0 Å². The highest BCUT2D eigenvalue weighted by Gasteiger charge is 2.26. The van der Waals surface area contributed by atoms with Crippen LogP contribution < -0.4 is 4.90 Å². The molecule has 1 aliphatic heterocycles. The second-order valence-electron chi connectivity index (χ2n) is 5.12. The Hall–Kier alpha value is -1.16. The largest absolute Gasteiger partial charge is 0.394 e. The van der Waals surface area contributed by atoms with E-state index in [2.05, 4.69) is 14.9 Å². The zero-order chi connectivity index (χ0) is 11.7. The van der Waals surface area contributed by atoms with Crippen LogP contribution in [0.4, 0.5) is 5.95 Å². The standard InChI is InChI=1S/C13H19N3O/c17-9-12-5-2-6-16(12)13-14-7-11(8-15-13)10-3-1-4-10/h7-8,10,12,17H,1-6,9H2. The van der Waals surface area contributed by atoms with Crippen molar-refractivity contribution in [2.24, 2.45) is 0 Å². The fraction of sp³-hybridized carbons (Fsp3) is 0.692. The molecule has 3 rings (SSSR count). The molecule has 2 heterocycles. The minimum absolute atomic E-state index is 0.202. The highest BCUT2D eigenvalue weighted by molar-refractivity contribution is 5.34. The third-order valence-electron chi connectivity index (χ3n) is 4.08. The quantitative estimate of drug-likeness (QED) is 0.863. The number of hydrogen-bond donors (Lipinski definition) is 1. The summed E-state index contributed by atoms with van der Waals surface area (Å²) >= 11 is 0. The van der Waals surface area contributed by atoms with Gasteiger partial charge in [0.25, 0.3) is 0 Å². The van der Waals surface area contributed by atoms with Gasteiger partial charge in [0.2, 0.25) is 5.95 Å². The smallest absolute Gasteiger partial charge is 0.225 e. The van der Waals surface area contributed by atoms with Gasteiger partial charge in [0.15, 0.2) is 0 Å². The Kier molecular flexibility index (Phi) is 2.97. The predicted octanol–water partition coefficient (Wildman–Crippen LogP) is 1.71. The first-order chi connectivity index (χ1) is 8.38. The van der Waals surface area contributed by atoms with Crippen LogP contribution in [0.15, 0.2) is 12.4 Å². The summed E-state index contributed by atoms with van der Waals surface area (Å²) in [5, 5.41) is 9.29. The fourth-order valence-electron chi connectivity index (χ4n) is 2.72. The normalized spacial score (nSPS) is 25.0. The van der Waals surface area contributed by atoms with E-state index in [1.165, 1.54) is 24.8 Å². The topological polar surface area (TPSA) is 49.2 Å². The molecule has 0 spiro atoms. The lowest BCUT2D eigenvalue weighted by Gasteiger charge is -2.26. The summed E-state index contributed by atoms with van der Waals surface area (Å²) in [6, 6.07) is 0.213. The van der Waals surface area contributed by atoms with Crippen LogP contribution in [0.5, 0.6) is 0 Å². The van der Waals surface area contributed by atoms with Crippen LogP contribution in [-0.4, -0.2) is 34.3 Å². The molecule has 0 radical (unpaired) electrons. The molecule has 2 aliphatic rings. The average Bonchev–Trinajstić information content (AvgIpc) is 2.76. The van der Waals surface area contributed by atoms with Crippen molar-refractivity contribution in [2.45, 2.75) is 44.1 Å². The molecule has 0 aromatic carbocycles. The zero-order valence-corrected chi connectivity index (χ0v) is 10.0. The zero-order valence-electron chi connectivity index (χ0n) is 10.0. The van der Waals surface area contributed by atoms with E-state index in [9.17, 15) is 5.11 Å². The highest BCUT2D eigenvalue weighted by Crippen LogP contribution is 2.35. The molecular weight excluding hydrogens is 214 g/mol. The molecule has 1 aliphatic carbocycles. The molecule has 2 fully saturated rings. The Labute approximate surface area is 102 Å². The van der Waals surface area contributed by atoms with E-state index in [0.717, 1.165) is 25.3 Å². The number of aliphatic hydroxyl groups excluding tert-OH is 1. The van der Waals surface area contributed by atoms with Gasteiger partial charge in [-0.15, -0.1) is 0 Å². The predicted molar refractivity (Wildman–Crippen MR) is 66.1 cm³/mol. The Balaban J connectivity index is 1.74. The Morgan fingerprint density at radius 3 is 2.53 bits per heavy atom. The average molecular weight is 233 g/mol. The maximum Gasteiger partial charge on any atom is 0.225 e. The molecular formula is C13H19N3O. The van der Waals surface area contributed by atoms with E-state index in [1.54, 1.807) is 0 Å². The number of hydrogen-bond acceptors (Lipinski definition) is 4. The Morgan fingerprint density at radius 2 is 1.94 bits per heavy atom. The number of aromatic nitrogens is 2. The molecule has 0 amide bonds. The summed E-state index contributed by atoms with van der Waals surface area (Å²) in [6.45, 7) is 1.17. The van der Waals surface area contributed by atoms with Gasteiger partial charge in [-0.05, 0) is 37.2 Å². The van der Waals surface area contributed by atoms with E-state index in [4.69, 9.17) is 0 Å². The lowest BCUT2D eigenvalue weighted by Crippen LogP contribution is -2.33. The van der Waals surface area contributed by atoms with Gasteiger partial charge >= 0.3 is 0 Å². The third kappa shape index (κ3) is 2.02. The van der Waals surface area contributed by atoms with E-state index < -0.39 is 0 Å². The third-order valence-corrected chi connectivity index (χ3v) is 4.08. The van der Waals surface area contributed by atoms with Crippen LogP contribution in [0.1, 0.15) is 43.6 Å². The minimum atomic E-state index is 0.202. The first kappa shape index (κ1) is 11.0. The van der Waals surface area contributed by atoms with E-state index in [0.29, 0.717) is 5.92 Å². The van der Waals surface area contributed by atoms with E-state index in [-0.39, 0.29) is 12.6 Å². The molecule has 17 heavy (non-hydrogen) atoms. The lowest BCUT2D eigenvalue weighted by molar-refractivity contribution is 0.265. The number of aliphatic hydroxyl groups is 1. The van der Waals surface area contributed by atoms with Gasteiger partial charge in [0, 0.05) is 18.9 Å². The van der Waals surface area contributed by atoms with Crippen molar-refractivity contribution in [1.29, 1.82) is 0 Å². The van der Waals surface area contributed by atoms with Crippen LogP contribution in [0.25, 0.3) is 0 Å². The van der Waals surface area contributed by atoms with Gasteiger partial charge in [0.05, 0.1) is 12.6 Å². The van der Waals surface area contributed by atoms with Crippen molar-refractivity contribution >= 4 is 5.95 Å². The molecule has 0 bridgehead atoms. The van der Waals surface area contributed by atoms with Crippen molar-refractivity contribution in [3.05, 3.63) is 18.0 Å². The van der Waals surface area contributed by atoms with E-state index in [1.807, 2.05) is 12.4 Å². The van der Waals surface area contributed by atoms with Gasteiger partial charge in [-0.25, -0.2) is 9.97 Å². The summed E-state index contributed by atoms with van der Waals surface area (Å²) in [5.74, 6) is 1.47. The minimum Gasteiger partial charge on any atom is -0.394 e. The lowest BCUT2D eigenvalue weighted by atomic mass is 9.81. The summed E-state index contributed by atoms with van der Waals surface area (Å²) in [6.07, 6.45) is 10.0. The molecule has 1 N–H and O–H groups in total. The molecule has 4 nitrogen and oxygen atoms in total. The van der Waals surface area contributed by atoms with Crippen LogP contribution >= 0.6 is 0 Å². The summed E-state index contributed by atoms with van der Waals surface area (Å²) in [4.78, 5) is 11.1. The Bertz CT molecular complexity index is 375. The maximum atomic E-state index is 9.29. The van der Waals surface area contributed by atoms with Crippen molar-refractivity contribution in [1.82, 2.24) is 9.97 Å². The fourth-order valence-corrected chi connectivity index (χ4v) is 2.72. The first-order valence-corrected chi connectivity index (χ1v) is 6.58. The van der Waals surface area contributed by atoms with Crippen molar-refractivity contribution in [3.8, 4) is 0 Å². The number of rotatable bonds is 3. The molecule has 1 aromatic rings. The first-order valence-electron chi connectivity index (χ1n) is 6.58. The van der Waals surface area contributed by atoms with Gasteiger partial charge in [0.1, 0.15) is 0 Å². The summed E-state index contributed by atoms with van der Waals surface area (Å²) in [5.41, 5.74) is 1.28. The second kappa shape index (κ2) is 4.61. The van der Waals surface area contributed by atoms with Crippen LogP contribution in [0.3, 0.4) is 0 Å². The monoisotopic (exact) mass is 233 g/mol. The molecule has 4 heteroatoms. The SMILES string of the molecule is OCC1CCCN1c1ncc(C2CCC2)cn1.